The molecule has 0 bridgehead atoms. The van der Waals surface area contributed by atoms with Crippen LogP contribution >= 0.6 is 0 Å². The summed E-state index contributed by atoms with van der Waals surface area (Å²) in [6, 6.07) is 0. The van der Waals surface area contributed by atoms with E-state index in [2.05, 4.69) is 15.0 Å². The number of nitrogens with zero attached hydrogens (tertiary/aromatic N) is 3. The number of carbonyl (C=O) groups excluding carboxylic acids is 1. The molecule has 1 unspecified atom stereocenters. The lowest BCUT2D eigenvalue weighted by molar-refractivity contribution is -0.131. The summed E-state index contributed by atoms with van der Waals surface area (Å²) in [6.45, 7) is 1.78. The molecule has 0 aromatic carbocycles. The lowest BCUT2D eigenvalue weighted by atomic mass is 10.0. The Morgan fingerprint density at radius 3 is 2.73 bits per heavy atom. The Hall–Kier alpha value is -1.39. The molecule has 1 atom stereocenters. The summed E-state index contributed by atoms with van der Waals surface area (Å²) in [4.78, 5) is 18.9. The molecule has 0 N–H and O–H groups in total. The van der Waals surface area contributed by atoms with Crippen molar-refractivity contribution in [1.29, 1.82) is 0 Å². The number of carbonyl (C=O) groups is 1. The van der Waals surface area contributed by atoms with Gasteiger partial charge in [-0.05, 0) is 43.9 Å². The summed E-state index contributed by atoms with van der Waals surface area (Å²) >= 11 is 0. The summed E-state index contributed by atoms with van der Waals surface area (Å²) in [5, 5.41) is 4.10. The minimum atomic E-state index is 0.362. The fourth-order valence-corrected chi connectivity index (χ4v) is 3.92. The number of likely N-dealkylation sites (tertiary alicyclic amines) is 1. The SMILES string of the molecule is O=C(CC1CCCC1)N1CCC(Cc2noc(C3CC3)n2)C1. The van der Waals surface area contributed by atoms with Crippen molar-refractivity contribution in [2.75, 3.05) is 13.1 Å². The first-order valence-electron chi connectivity index (χ1n) is 8.88. The first-order valence-corrected chi connectivity index (χ1v) is 8.88. The van der Waals surface area contributed by atoms with Crippen LogP contribution in [-0.2, 0) is 11.2 Å². The van der Waals surface area contributed by atoms with Gasteiger partial charge in [0, 0.05) is 31.8 Å². The second-order valence-electron chi connectivity index (χ2n) is 7.38. The molecule has 22 heavy (non-hydrogen) atoms. The number of hydrogen-bond donors (Lipinski definition) is 0. The van der Waals surface area contributed by atoms with Gasteiger partial charge in [-0.3, -0.25) is 4.79 Å². The Morgan fingerprint density at radius 2 is 1.95 bits per heavy atom. The van der Waals surface area contributed by atoms with Crippen LogP contribution in [0.15, 0.2) is 4.52 Å². The third-order valence-electron chi connectivity index (χ3n) is 5.46. The Balaban J connectivity index is 1.26. The highest BCUT2D eigenvalue weighted by molar-refractivity contribution is 5.76. The van der Waals surface area contributed by atoms with E-state index in [9.17, 15) is 4.79 Å². The quantitative estimate of drug-likeness (QED) is 0.839. The van der Waals surface area contributed by atoms with Crippen LogP contribution in [0, 0.1) is 11.8 Å². The summed E-state index contributed by atoms with van der Waals surface area (Å²) < 4.78 is 5.32. The van der Waals surface area contributed by atoms with Crippen molar-refractivity contribution in [1.82, 2.24) is 15.0 Å². The standard InChI is InChI=1S/C17H25N3O2/c21-16(10-12-3-1-2-4-12)20-8-7-13(11-20)9-15-18-17(22-19-15)14-5-6-14/h12-14H,1-11H2. The molecule has 0 spiro atoms. The van der Waals surface area contributed by atoms with E-state index >= 15 is 0 Å². The predicted molar refractivity (Wildman–Crippen MR) is 81.2 cm³/mol. The van der Waals surface area contributed by atoms with Crippen molar-refractivity contribution < 1.29 is 9.32 Å². The highest BCUT2D eigenvalue weighted by Gasteiger charge is 2.32. The topological polar surface area (TPSA) is 59.2 Å². The molecule has 120 valence electrons. The van der Waals surface area contributed by atoms with Crippen LogP contribution in [0.4, 0.5) is 0 Å². The number of aromatic nitrogens is 2. The molecule has 1 amide bonds. The maximum Gasteiger partial charge on any atom is 0.229 e. The van der Waals surface area contributed by atoms with E-state index in [4.69, 9.17) is 4.52 Å². The molecular formula is C17H25N3O2. The van der Waals surface area contributed by atoms with Gasteiger partial charge in [-0.15, -0.1) is 0 Å². The Morgan fingerprint density at radius 1 is 1.14 bits per heavy atom. The van der Waals surface area contributed by atoms with Gasteiger partial charge in [-0.2, -0.15) is 4.98 Å². The average molecular weight is 303 g/mol. The molecule has 1 saturated heterocycles. The van der Waals surface area contributed by atoms with Gasteiger partial charge in [0.25, 0.3) is 0 Å². The van der Waals surface area contributed by atoms with E-state index in [0.29, 0.717) is 23.7 Å². The first kappa shape index (κ1) is 14.2. The van der Waals surface area contributed by atoms with Crippen molar-refractivity contribution in [3.05, 3.63) is 11.7 Å². The van der Waals surface area contributed by atoms with Gasteiger partial charge in [0.1, 0.15) is 0 Å². The zero-order valence-corrected chi connectivity index (χ0v) is 13.2. The second-order valence-corrected chi connectivity index (χ2v) is 7.38. The van der Waals surface area contributed by atoms with Crippen molar-refractivity contribution in [3.8, 4) is 0 Å². The van der Waals surface area contributed by atoms with Gasteiger partial charge < -0.3 is 9.42 Å². The normalized spacial score (nSPS) is 26.0. The van der Waals surface area contributed by atoms with Crippen LogP contribution in [0.5, 0.6) is 0 Å². The number of amides is 1. The van der Waals surface area contributed by atoms with Crippen LogP contribution < -0.4 is 0 Å². The smallest absolute Gasteiger partial charge is 0.229 e. The van der Waals surface area contributed by atoms with E-state index in [-0.39, 0.29) is 0 Å². The molecule has 0 radical (unpaired) electrons. The molecule has 5 heteroatoms. The highest BCUT2D eigenvalue weighted by Crippen LogP contribution is 2.39. The third kappa shape index (κ3) is 3.18. The Bertz CT molecular complexity index is 532. The van der Waals surface area contributed by atoms with Crippen LogP contribution in [0.1, 0.15) is 69.0 Å². The minimum absolute atomic E-state index is 0.362. The van der Waals surface area contributed by atoms with Gasteiger partial charge in [0.2, 0.25) is 11.8 Å². The maximum absolute atomic E-state index is 12.4. The van der Waals surface area contributed by atoms with Crippen molar-refractivity contribution in [2.24, 2.45) is 11.8 Å². The van der Waals surface area contributed by atoms with Crippen LogP contribution in [0.25, 0.3) is 0 Å². The first-order chi connectivity index (χ1) is 10.8. The summed E-state index contributed by atoms with van der Waals surface area (Å²) in [5.41, 5.74) is 0. The van der Waals surface area contributed by atoms with Crippen molar-refractivity contribution in [2.45, 2.75) is 63.7 Å². The lowest BCUT2D eigenvalue weighted by Crippen LogP contribution is -2.30. The van der Waals surface area contributed by atoms with Crippen LogP contribution in [0.3, 0.4) is 0 Å². The summed E-state index contributed by atoms with van der Waals surface area (Å²) in [5.74, 6) is 3.68. The zero-order valence-electron chi connectivity index (χ0n) is 13.2. The molecule has 1 aromatic rings. The fraction of sp³-hybridized carbons (Fsp3) is 0.824. The Kier molecular flexibility index (Phi) is 3.89. The molecular weight excluding hydrogens is 278 g/mol. The van der Waals surface area contributed by atoms with E-state index in [0.717, 1.165) is 44.1 Å². The van der Waals surface area contributed by atoms with Gasteiger partial charge in [-0.1, -0.05) is 18.0 Å². The summed E-state index contributed by atoms with van der Waals surface area (Å²) in [7, 11) is 0. The maximum atomic E-state index is 12.4. The van der Waals surface area contributed by atoms with Gasteiger partial charge in [-0.25, -0.2) is 0 Å². The molecule has 1 aromatic heterocycles. The van der Waals surface area contributed by atoms with Crippen LogP contribution in [-0.4, -0.2) is 34.0 Å². The Labute approximate surface area is 131 Å². The van der Waals surface area contributed by atoms with Crippen LogP contribution in [0.2, 0.25) is 0 Å². The third-order valence-corrected chi connectivity index (χ3v) is 5.46. The van der Waals surface area contributed by atoms with Gasteiger partial charge in [0.05, 0.1) is 0 Å². The van der Waals surface area contributed by atoms with Gasteiger partial charge in [0.15, 0.2) is 5.82 Å². The van der Waals surface area contributed by atoms with E-state index in [1.165, 1.54) is 38.5 Å². The second kappa shape index (κ2) is 6.01. The molecule has 2 aliphatic carbocycles. The zero-order chi connectivity index (χ0) is 14.9. The largest absolute Gasteiger partial charge is 0.342 e. The van der Waals surface area contributed by atoms with Gasteiger partial charge >= 0.3 is 0 Å². The van der Waals surface area contributed by atoms with E-state index in [1.807, 2.05) is 0 Å². The summed E-state index contributed by atoms with van der Waals surface area (Å²) in [6.07, 6.45) is 10.2. The number of rotatable bonds is 5. The van der Waals surface area contributed by atoms with E-state index in [1.54, 1.807) is 0 Å². The molecule has 2 heterocycles. The monoisotopic (exact) mass is 303 g/mol. The molecule has 2 saturated carbocycles. The molecule has 4 rings (SSSR count). The predicted octanol–water partition coefficient (Wildman–Crippen LogP) is 2.92. The van der Waals surface area contributed by atoms with E-state index < -0.39 is 0 Å². The van der Waals surface area contributed by atoms with Crippen molar-refractivity contribution in [3.63, 3.8) is 0 Å². The molecule has 1 aliphatic heterocycles. The minimum Gasteiger partial charge on any atom is -0.342 e. The lowest BCUT2D eigenvalue weighted by Gasteiger charge is -2.18. The number of hydrogen-bond acceptors (Lipinski definition) is 4. The molecule has 3 fully saturated rings. The average Bonchev–Trinajstić information content (AvgIpc) is 2.96. The molecule has 3 aliphatic rings. The fourth-order valence-electron chi connectivity index (χ4n) is 3.92. The highest BCUT2D eigenvalue weighted by atomic mass is 16.5. The van der Waals surface area contributed by atoms with Crippen molar-refractivity contribution >= 4 is 5.91 Å². The molecule has 5 nitrogen and oxygen atoms in total.